The van der Waals surface area contributed by atoms with Crippen molar-refractivity contribution >= 4 is 0 Å². The monoisotopic (exact) mass is 273 g/mol. The van der Waals surface area contributed by atoms with Crippen molar-refractivity contribution in [1.82, 2.24) is 9.78 Å². The molecule has 0 aliphatic heterocycles. The first kappa shape index (κ1) is 14.6. The Bertz CT molecular complexity index is 575. The molecule has 0 spiro atoms. The van der Waals surface area contributed by atoms with Crippen LogP contribution in [0.1, 0.15) is 42.8 Å². The smallest absolute Gasteiger partial charge is 0.122 e. The van der Waals surface area contributed by atoms with Crippen LogP contribution in [0.4, 0.5) is 0 Å². The fourth-order valence-corrected chi connectivity index (χ4v) is 2.18. The molecular formula is C16H23N3O. The van der Waals surface area contributed by atoms with Gasteiger partial charge in [-0.15, -0.1) is 0 Å². The summed E-state index contributed by atoms with van der Waals surface area (Å²) in [6.07, 6.45) is 2.73. The Labute approximate surface area is 120 Å². The largest absolute Gasteiger partial charge is 0.496 e. The van der Waals surface area contributed by atoms with Crippen molar-refractivity contribution in [2.45, 2.75) is 39.3 Å². The number of nitrogens with zero attached hydrogens (tertiary/aromatic N) is 2. The van der Waals surface area contributed by atoms with Gasteiger partial charge < -0.3 is 10.5 Å². The zero-order chi connectivity index (χ0) is 14.7. The van der Waals surface area contributed by atoms with E-state index in [1.807, 2.05) is 36.0 Å². The molecule has 1 atom stereocenters. The van der Waals surface area contributed by atoms with Crippen LogP contribution < -0.4 is 10.5 Å². The van der Waals surface area contributed by atoms with E-state index in [4.69, 9.17) is 10.5 Å². The van der Waals surface area contributed by atoms with Crippen molar-refractivity contribution in [3.8, 4) is 5.75 Å². The summed E-state index contributed by atoms with van der Waals surface area (Å²) in [5, 5.41) is 4.54. The summed E-state index contributed by atoms with van der Waals surface area (Å²) < 4.78 is 7.30. The van der Waals surface area contributed by atoms with Gasteiger partial charge in [-0.2, -0.15) is 5.10 Å². The first-order chi connectivity index (χ1) is 9.51. The number of aromatic nitrogens is 2. The number of aryl methyl sites for hydroxylation is 1. The molecule has 0 bridgehead atoms. The number of hydrogen-bond acceptors (Lipinski definition) is 3. The Balaban J connectivity index is 2.12. The van der Waals surface area contributed by atoms with E-state index >= 15 is 0 Å². The van der Waals surface area contributed by atoms with Crippen LogP contribution in [-0.4, -0.2) is 16.9 Å². The summed E-state index contributed by atoms with van der Waals surface area (Å²) in [5.74, 6) is 0.880. The van der Waals surface area contributed by atoms with Crippen molar-refractivity contribution < 1.29 is 4.74 Å². The van der Waals surface area contributed by atoms with Crippen LogP contribution in [0.5, 0.6) is 5.75 Å². The minimum Gasteiger partial charge on any atom is -0.496 e. The van der Waals surface area contributed by atoms with Crippen LogP contribution in [0.25, 0.3) is 0 Å². The summed E-state index contributed by atoms with van der Waals surface area (Å²) in [6, 6.07) is 8.45. The van der Waals surface area contributed by atoms with Gasteiger partial charge in [-0.25, -0.2) is 0 Å². The number of benzene rings is 1. The van der Waals surface area contributed by atoms with Crippen LogP contribution in [0.3, 0.4) is 0 Å². The lowest BCUT2D eigenvalue weighted by molar-refractivity contribution is 0.410. The second kappa shape index (κ2) is 6.09. The molecule has 1 aromatic heterocycles. The Hall–Kier alpha value is -1.81. The zero-order valence-electron chi connectivity index (χ0n) is 12.6. The van der Waals surface area contributed by atoms with E-state index in [0.717, 1.165) is 29.0 Å². The van der Waals surface area contributed by atoms with Crippen LogP contribution >= 0.6 is 0 Å². The van der Waals surface area contributed by atoms with Gasteiger partial charge in [-0.3, -0.25) is 4.68 Å². The van der Waals surface area contributed by atoms with Gasteiger partial charge in [0.1, 0.15) is 5.75 Å². The molecule has 2 rings (SSSR count). The van der Waals surface area contributed by atoms with Gasteiger partial charge in [-0.05, 0) is 44.0 Å². The van der Waals surface area contributed by atoms with Crippen LogP contribution in [-0.2, 0) is 6.42 Å². The van der Waals surface area contributed by atoms with Crippen molar-refractivity contribution in [3.05, 3.63) is 47.3 Å². The van der Waals surface area contributed by atoms with E-state index < -0.39 is 0 Å². The molecule has 20 heavy (non-hydrogen) atoms. The maximum absolute atomic E-state index is 6.28. The average Bonchev–Trinajstić information content (AvgIpc) is 2.88. The molecule has 4 heteroatoms. The minimum atomic E-state index is -0.0694. The number of methoxy groups -OCH3 is 1. The highest BCUT2D eigenvalue weighted by Crippen LogP contribution is 2.24. The third-order valence-electron chi connectivity index (χ3n) is 3.48. The summed E-state index contributed by atoms with van der Waals surface area (Å²) in [5.41, 5.74) is 9.49. The van der Waals surface area contributed by atoms with Gasteiger partial charge in [0.15, 0.2) is 0 Å². The number of rotatable bonds is 5. The number of nitrogens with two attached hydrogens (primary N) is 1. The molecular weight excluding hydrogens is 250 g/mol. The molecule has 0 aliphatic carbocycles. The highest BCUT2D eigenvalue weighted by molar-refractivity contribution is 5.38. The van der Waals surface area contributed by atoms with Gasteiger partial charge in [0.2, 0.25) is 0 Å². The molecule has 2 aromatic rings. The molecule has 108 valence electrons. The molecule has 0 saturated heterocycles. The van der Waals surface area contributed by atoms with E-state index in [1.54, 1.807) is 7.11 Å². The molecule has 0 amide bonds. The second-order valence-corrected chi connectivity index (χ2v) is 5.42. The van der Waals surface area contributed by atoms with Gasteiger partial charge in [0, 0.05) is 24.7 Å². The van der Waals surface area contributed by atoms with E-state index in [1.165, 1.54) is 0 Å². The van der Waals surface area contributed by atoms with Crippen LogP contribution in [0, 0.1) is 6.92 Å². The maximum Gasteiger partial charge on any atom is 0.122 e. The molecule has 2 N–H and O–H groups in total. The predicted octanol–water partition coefficient (Wildman–Crippen LogP) is 3.02. The quantitative estimate of drug-likeness (QED) is 0.911. The van der Waals surface area contributed by atoms with E-state index in [9.17, 15) is 0 Å². The second-order valence-electron chi connectivity index (χ2n) is 5.42. The third-order valence-corrected chi connectivity index (χ3v) is 3.48. The lowest BCUT2D eigenvalue weighted by Crippen LogP contribution is -2.14. The summed E-state index contributed by atoms with van der Waals surface area (Å²) >= 11 is 0. The van der Waals surface area contributed by atoms with Gasteiger partial charge in [-0.1, -0.05) is 12.1 Å². The molecule has 1 unspecified atom stereocenters. The Morgan fingerprint density at radius 3 is 2.65 bits per heavy atom. The molecule has 0 saturated carbocycles. The molecule has 4 nitrogen and oxygen atoms in total. The first-order valence-electron chi connectivity index (χ1n) is 6.95. The average molecular weight is 273 g/mol. The van der Waals surface area contributed by atoms with Crippen molar-refractivity contribution in [2.24, 2.45) is 5.73 Å². The highest BCUT2D eigenvalue weighted by Gasteiger charge is 2.12. The Morgan fingerprint density at radius 2 is 2.05 bits per heavy atom. The van der Waals surface area contributed by atoms with Crippen LogP contribution in [0.15, 0.2) is 30.5 Å². The van der Waals surface area contributed by atoms with E-state index in [0.29, 0.717) is 6.04 Å². The fraction of sp³-hybridized carbons (Fsp3) is 0.438. The Kier molecular flexibility index (Phi) is 4.45. The normalized spacial score (nSPS) is 12.7. The summed E-state index contributed by atoms with van der Waals surface area (Å²) in [7, 11) is 1.68. The molecule has 0 aliphatic rings. The van der Waals surface area contributed by atoms with Gasteiger partial charge >= 0.3 is 0 Å². The van der Waals surface area contributed by atoms with Gasteiger partial charge in [0.05, 0.1) is 12.8 Å². The summed E-state index contributed by atoms with van der Waals surface area (Å²) in [4.78, 5) is 0. The summed E-state index contributed by atoms with van der Waals surface area (Å²) in [6.45, 7) is 6.25. The maximum atomic E-state index is 6.28. The van der Waals surface area contributed by atoms with E-state index in [-0.39, 0.29) is 6.04 Å². The Morgan fingerprint density at radius 1 is 1.30 bits per heavy atom. The number of hydrogen-bond donors (Lipinski definition) is 1. The topological polar surface area (TPSA) is 53.1 Å². The number of ether oxygens (including phenoxy) is 1. The first-order valence-corrected chi connectivity index (χ1v) is 6.95. The molecule has 0 fully saturated rings. The van der Waals surface area contributed by atoms with Crippen molar-refractivity contribution in [3.63, 3.8) is 0 Å². The third kappa shape index (κ3) is 3.20. The SMILES string of the molecule is COc1cc(C(N)Cc2ccn(C(C)C)n2)ccc1C. The predicted molar refractivity (Wildman–Crippen MR) is 81.0 cm³/mol. The van der Waals surface area contributed by atoms with Crippen molar-refractivity contribution in [1.29, 1.82) is 0 Å². The van der Waals surface area contributed by atoms with Gasteiger partial charge in [0.25, 0.3) is 0 Å². The lowest BCUT2D eigenvalue weighted by Gasteiger charge is -2.13. The molecule has 1 heterocycles. The highest BCUT2D eigenvalue weighted by atomic mass is 16.5. The molecule has 0 radical (unpaired) electrons. The fourth-order valence-electron chi connectivity index (χ4n) is 2.18. The lowest BCUT2D eigenvalue weighted by atomic mass is 10.0. The van der Waals surface area contributed by atoms with E-state index in [2.05, 4.69) is 25.0 Å². The molecule has 1 aromatic carbocycles. The zero-order valence-corrected chi connectivity index (χ0v) is 12.6. The minimum absolute atomic E-state index is 0.0694. The van der Waals surface area contributed by atoms with Crippen LogP contribution in [0.2, 0.25) is 0 Å². The van der Waals surface area contributed by atoms with Crippen molar-refractivity contribution in [2.75, 3.05) is 7.11 Å². The standard InChI is InChI=1S/C16H23N3O/c1-11(2)19-8-7-14(18-19)10-15(17)13-6-5-12(3)16(9-13)20-4/h5-9,11,15H,10,17H2,1-4H3.